The monoisotopic (exact) mass is 748 g/mol. The molecule has 0 spiro atoms. The molecule has 0 saturated heterocycles. The minimum Gasteiger partial charge on any atom is -0.508 e. The molecule has 0 unspecified atom stereocenters. The Bertz CT molecular complexity index is 1660. The average molecular weight is 749 g/mol. The van der Waals surface area contributed by atoms with Crippen LogP contribution < -0.4 is 0 Å². The lowest BCUT2D eigenvalue weighted by atomic mass is 10.2. The lowest BCUT2D eigenvalue weighted by Gasteiger charge is -2.07. The van der Waals surface area contributed by atoms with Crippen molar-refractivity contribution in [1.82, 2.24) is 0 Å². The number of rotatable bonds is 12. The van der Waals surface area contributed by atoms with Crippen molar-refractivity contribution in [2.24, 2.45) is 5.92 Å². The molecule has 0 aliphatic carbocycles. The van der Waals surface area contributed by atoms with Crippen LogP contribution >= 0.6 is 0 Å². The molecular formula is C42H52O12. The number of hydrogen-bond acceptors (Lipinski definition) is 12. The molecule has 0 aromatic heterocycles. The number of unbranched alkanes of at least 4 members (excludes halogenated alkanes) is 1. The molecule has 0 saturated carbocycles. The van der Waals surface area contributed by atoms with Gasteiger partial charge in [-0.2, -0.15) is 0 Å². The smallest absolute Gasteiger partial charge is 0.338 e. The minimum absolute atomic E-state index is 0.124. The van der Waals surface area contributed by atoms with Gasteiger partial charge in [-0.15, -0.1) is 0 Å². The van der Waals surface area contributed by atoms with Crippen LogP contribution in [0.5, 0.6) is 23.0 Å². The van der Waals surface area contributed by atoms with Crippen molar-refractivity contribution < 1.29 is 58.6 Å². The van der Waals surface area contributed by atoms with Gasteiger partial charge in [-0.1, -0.05) is 34.1 Å². The van der Waals surface area contributed by atoms with Gasteiger partial charge in [0, 0.05) is 0 Å². The van der Waals surface area contributed by atoms with Gasteiger partial charge in [0.2, 0.25) is 0 Å². The second-order valence-corrected chi connectivity index (χ2v) is 12.3. The highest BCUT2D eigenvalue weighted by Crippen LogP contribution is 2.14. The van der Waals surface area contributed by atoms with Crippen molar-refractivity contribution in [3.63, 3.8) is 0 Å². The third-order valence-electron chi connectivity index (χ3n) is 6.47. The Balaban J connectivity index is 0.000000360. The van der Waals surface area contributed by atoms with E-state index in [1.165, 1.54) is 84.9 Å². The molecule has 0 heterocycles. The summed E-state index contributed by atoms with van der Waals surface area (Å²) in [6.45, 7) is 12.8. The first-order valence-corrected chi connectivity index (χ1v) is 17.5. The van der Waals surface area contributed by atoms with Crippen molar-refractivity contribution >= 4 is 23.9 Å². The van der Waals surface area contributed by atoms with E-state index in [1.54, 1.807) is 26.0 Å². The summed E-state index contributed by atoms with van der Waals surface area (Å²) in [5.41, 5.74) is 1.85. The molecule has 0 radical (unpaired) electrons. The van der Waals surface area contributed by atoms with Crippen LogP contribution in [0.25, 0.3) is 0 Å². The quantitative estimate of drug-likeness (QED) is 0.0616. The van der Waals surface area contributed by atoms with Crippen molar-refractivity contribution in [2.45, 2.75) is 66.9 Å². The van der Waals surface area contributed by atoms with E-state index in [0.29, 0.717) is 48.0 Å². The number of benzene rings is 4. The standard InChI is InChI=1S/2C11H14O3.2C10H12O3/c1-8(2)7-14-11(13)9-3-5-10(12)6-4-9;1-2-3-8-14-11(13)9-4-6-10(12)7-5-9;1-7(2)13-10(12)8-3-5-9(11)6-4-8;1-2-7-13-10(12)8-3-5-9(11)6-4-8/h3-6,8,12H,7H2,1-2H3;4-7,12H,2-3,8H2,1H3;3-7,11H,1-2H3;3-6,11H,2,7H2,1H3. The second kappa shape index (κ2) is 25.8. The molecule has 4 rings (SSSR count). The Labute approximate surface area is 316 Å². The molecule has 4 N–H and O–H groups in total. The summed E-state index contributed by atoms with van der Waals surface area (Å²) in [4.78, 5) is 45.2. The maximum Gasteiger partial charge on any atom is 0.338 e. The van der Waals surface area contributed by atoms with Gasteiger partial charge >= 0.3 is 23.9 Å². The van der Waals surface area contributed by atoms with E-state index < -0.39 is 0 Å². The number of carbonyl (C=O) groups excluding carboxylic acids is 4. The Kier molecular flexibility index (Phi) is 22.0. The van der Waals surface area contributed by atoms with Gasteiger partial charge in [-0.3, -0.25) is 0 Å². The summed E-state index contributed by atoms with van der Waals surface area (Å²) in [7, 11) is 0. The third kappa shape index (κ3) is 20.1. The molecule has 54 heavy (non-hydrogen) atoms. The highest BCUT2D eigenvalue weighted by molar-refractivity contribution is 5.91. The average Bonchev–Trinajstić information content (AvgIpc) is 3.14. The number of phenolic OH excluding ortho intramolecular Hbond substituents is 4. The fourth-order valence-electron chi connectivity index (χ4n) is 3.67. The van der Waals surface area contributed by atoms with Gasteiger partial charge < -0.3 is 39.4 Å². The molecule has 0 atom stereocenters. The highest BCUT2D eigenvalue weighted by atomic mass is 16.5. The van der Waals surface area contributed by atoms with Crippen LogP contribution in [-0.4, -0.2) is 70.2 Å². The maximum atomic E-state index is 11.4. The van der Waals surface area contributed by atoms with Crippen molar-refractivity contribution in [3.05, 3.63) is 119 Å². The normalized spacial score (nSPS) is 9.93. The largest absolute Gasteiger partial charge is 0.508 e. The molecule has 12 heteroatoms. The molecule has 0 amide bonds. The molecule has 4 aromatic rings. The Morgan fingerprint density at radius 3 is 1.07 bits per heavy atom. The van der Waals surface area contributed by atoms with Crippen LogP contribution in [0.1, 0.15) is 102 Å². The van der Waals surface area contributed by atoms with Crippen molar-refractivity contribution in [1.29, 1.82) is 0 Å². The summed E-state index contributed by atoms with van der Waals surface area (Å²) in [5.74, 6) is -0.487. The van der Waals surface area contributed by atoms with Gasteiger partial charge in [-0.05, 0) is 130 Å². The minimum atomic E-state index is -0.366. The summed E-state index contributed by atoms with van der Waals surface area (Å²) in [5, 5.41) is 35.9. The maximum absolute atomic E-state index is 11.4. The van der Waals surface area contributed by atoms with Crippen LogP contribution in [0.3, 0.4) is 0 Å². The Morgan fingerprint density at radius 2 is 0.778 bits per heavy atom. The van der Waals surface area contributed by atoms with Gasteiger partial charge in [0.05, 0.1) is 48.2 Å². The van der Waals surface area contributed by atoms with E-state index in [1.807, 2.05) is 27.7 Å². The first-order valence-electron chi connectivity index (χ1n) is 17.5. The van der Waals surface area contributed by atoms with E-state index in [-0.39, 0.29) is 53.0 Å². The number of aromatic hydroxyl groups is 4. The van der Waals surface area contributed by atoms with Gasteiger partial charge in [-0.25, -0.2) is 19.2 Å². The van der Waals surface area contributed by atoms with Crippen LogP contribution in [0, 0.1) is 5.92 Å². The molecule has 12 nitrogen and oxygen atoms in total. The van der Waals surface area contributed by atoms with E-state index in [2.05, 4.69) is 0 Å². The van der Waals surface area contributed by atoms with Crippen molar-refractivity contribution in [3.8, 4) is 23.0 Å². The van der Waals surface area contributed by atoms with Crippen LogP contribution in [-0.2, 0) is 18.9 Å². The first-order chi connectivity index (χ1) is 25.7. The molecule has 292 valence electrons. The first kappa shape index (κ1) is 46.0. The van der Waals surface area contributed by atoms with Crippen molar-refractivity contribution in [2.75, 3.05) is 19.8 Å². The topological polar surface area (TPSA) is 186 Å². The Hall–Kier alpha value is -6.04. The molecular weight excluding hydrogens is 696 g/mol. The molecule has 0 bridgehead atoms. The van der Waals surface area contributed by atoms with E-state index in [4.69, 9.17) is 39.4 Å². The summed E-state index contributed by atoms with van der Waals surface area (Å²) in [6.07, 6.45) is 2.57. The zero-order valence-electron chi connectivity index (χ0n) is 31.7. The van der Waals surface area contributed by atoms with Gasteiger partial charge in [0.25, 0.3) is 0 Å². The number of carbonyl (C=O) groups is 4. The predicted octanol–water partition coefficient (Wildman–Crippen LogP) is 8.47. The van der Waals surface area contributed by atoms with E-state index in [0.717, 1.165) is 19.3 Å². The zero-order chi connectivity index (χ0) is 40.5. The van der Waals surface area contributed by atoms with Gasteiger partial charge in [0.15, 0.2) is 0 Å². The van der Waals surface area contributed by atoms with E-state index in [9.17, 15) is 19.2 Å². The van der Waals surface area contributed by atoms with Crippen LogP contribution in [0.2, 0.25) is 0 Å². The summed E-state index contributed by atoms with van der Waals surface area (Å²) in [6, 6.07) is 24.0. The fraction of sp³-hybridized carbons (Fsp3) is 0.333. The number of esters is 4. The van der Waals surface area contributed by atoms with E-state index >= 15 is 0 Å². The zero-order valence-corrected chi connectivity index (χ0v) is 31.7. The summed E-state index contributed by atoms with van der Waals surface area (Å²) >= 11 is 0. The van der Waals surface area contributed by atoms with Crippen LogP contribution in [0.15, 0.2) is 97.1 Å². The number of hydrogen-bond donors (Lipinski definition) is 4. The molecule has 4 aromatic carbocycles. The van der Waals surface area contributed by atoms with Crippen LogP contribution in [0.4, 0.5) is 0 Å². The second-order valence-electron chi connectivity index (χ2n) is 12.3. The predicted molar refractivity (Wildman–Crippen MR) is 204 cm³/mol. The third-order valence-corrected chi connectivity index (χ3v) is 6.47. The molecule has 0 aliphatic heterocycles. The molecule has 0 aliphatic rings. The molecule has 0 fully saturated rings. The lowest BCUT2D eigenvalue weighted by Crippen LogP contribution is -2.11. The number of phenols is 4. The van der Waals surface area contributed by atoms with Gasteiger partial charge in [0.1, 0.15) is 23.0 Å². The number of ether oxygens (including phenoxy) is 4. The lowest BCUT2D eigenvalue weighted by molar-refractivity contribution is 0.0375. The summed E-state index contributed by atoms with van der Waals surface area (Å²) < 4.78 is 19.8. The highest BCUT2D eigenvalue weighted by Gasteiger charge is 2.09. The SMILES string of the molecule is CC(C)COC(=O)c1ccc(O)cc1.CC(C)OC(=O)c1ccc(O)cc1.CCCCOC(=O)c1ccc(O)cc1.CCCOC(=O)c1ccc(O)cc1. The fourth-order valence-corrected chi connectivity index (χ4v) is 3.67. The Morgan fingerprint density at radius 1 is 0.463 bits per heavy atom.